The first kappa shape index (κ1) is 16.1. The molecule has 2 saturated carbocycles. The Balaban J connectivity index is 1.89. The van der Waals surface area contributed by atoms with E-state index in [-0.39, 0.29) is 23.4 Å². The fraction of sp³-hybridized carbons (Fsp3) is 0.556. The van der Waals surface area contributed by atoms with Crippen LogP contribution in [0.15, 0.2) is 21.9 Å². The van der Waals surface area contributed by atoms with Gasteiger partial charge in [-0.3, -0.25) is 13.9 Å². The van der Waals surface area contributed by atoms with E-state index in [1.165, 1.54) is 16.8 Å². The Bertz CT molecular complexity index is 951. The molecule has 132 valence electrons. The molecule has 0 unspecified atom stereocenters. The van der Waals surface area contributed by atoms with Crippen molar-refractivity contribution in [1.29, 1.82) is 0 Å². The minimum Gasteiger partial charge on any atom is -0.462 e. The lowest BCUT2D eigenvalue weighted by molar-refractivity contribution is 0.0526. The van der Waals surface area contributed by atoms with E-state index in [1.54, 1.807) is 11.5 Å². The van der Waals surface area contributed by atoms with Crippen molar-refractivity contribution in [2.75, 3.05) is 6.61 Å². The number of esters is 1. The normalized spacial score (nSPS) is 17.0. The SMILES string of the molecule is CCOC(=O)c1cnc2c(c1)c(=O)n(CC1CC1)c(=O)n2CC1CC1. The van der Waals surface area contributed by atoms with Gasteiger partial charge in [0.25, 0.3) is 5.56 Å². The summed E-state index contributed by atoms with van der Waals surface area (Å²) in [7, 11) is 0. The summed E-state index contributed by atoms with van der Waals surface area (Å²) < 4.78 is 7.92. The molecule has 2 heterocycles. The molecule has 0 atom stereocenters. The van der Waals surface area contributed by atoms with Crippen LogP contribution in [0.1, 0.15) is 43.0 Å². The van der Waals surface area contributed by atoms with Crippen LogP contribution in [-0.2, 0) is 17.8 Å². The van der Waals surface area contributed by atoms with E-state index in [0.717, 1.165) is 25.7 Å². The first-order chi connectivity index (χ1) is 12.1. The van der Waals surface area contributed by atoms with Gasteiger partial charge in [0.05, 0.1) is 17.6 Å². The number of hydrogen-bond donors (Lipinski definition) is 0. The standard InChI is InChI=1S/C18H21N3O4/c1-2-25-17(23)13-7-14-15(19-8-13)20(9-11-3-4-11)18(24)21(16(14)22)10-12-5-6-12/h7-8,11-12H,2-6,9-10H2,1H3. The number of pyridine rings is 1. The molecule has 7 nitrogen and oxygen atoms in total. The average molecular weight is 343 g/mol. The highest BCUT2D eigenvalue weighted by Crippen LogP contribution is 2.31. The molecular weight excluding hydrogens is 322 g/mol. The summed E-state index contributed by atoms with van der Waals surface area (Å²) in [4.78, 5) is 41.9. The monoisotopic (exact) mass is 343 g/mol. The summed E-state index contributed by atoms with van der Waals surface area (Å²) in [6, 6.07) is 1.51. The van der Waals surface area contributed by atoms with Crippen LogP contribution in [-0.4, -0.2) is 26.7 Å². The zero-order valence-electron chi connectivity index (χ0n) is 14.2. The van der Waals surface area contributed by atoms with Crippen LogP contribution in [0.4, 0.5) is 0 Å². The van der Waals surface area contributed by atoms with Crippen molar-refractivity contribution < 1.29 is 9.53 Å². The lowest BCUT2D eigenvalue weighted by atomic mass is 10.2. The molecule has 0 N–H and O–H groups in total. The van der Waals surface area contributed by atoms with E-state index in [1.807, 2.05) is 0 Å². The maximum Gasteiger partial charge on any atom is 0.339 e. The Morgan fingerprint density at radius 1 is 1.16 bits per heavy atom. The van der Waals surface area contributed by atoms with Crippen LogP contribution in [0.2, 0.25) is 0 Å². The molecule has 4 rings (SSSR count). The zero-order valence-corrected chi connectivity index (χ0v) is 14.2. The number of carbonyl (C=O) groups is 1. The molecule has 0 aromatic carbocycles. The molecule has 2 aromatic heterocycles. The molecule has 25 heavy (non-hydrogen) atoms. The first-order valence-electron chi connectivity index (χ1n) is 8.89. The highest BCUT2D eigenvalue weighted by molar-refractivity contribution is 5.92. The third kappa shape index (κ3) is 3.10. The van der Waals surface area contributed by atoms with Gasteiger partial charge in [-0.25, -0.2) is 14.6 Å². The van der Waals surface area contributed by atoms with Gasteiger partial charge >= 0.3 is 11.7 Å². The van der Waals surface area contributed by atoms with E-state index in [9.17, 15) is 14.4 Å². The number of ether oxygens (including phenoxy) is 1. The largest absolute Gasteiger partial charge is 0.462 e. The van der Waals surface area contributed by atoms with Crippen molar-refractivity contribution in [3.8, 4) is 0 Å². The Labute approximate surface area is 144 Å². The van der Waals surface area contributed by atoms with Gasteiger partial charge in [0.1, 0.15) is 5.65 Å². The predicted octanol–water partition coefficient (Wildman–Crippen LogP) is 1.55. The lowest BCUT2D eigenvalue weighted by Gasteiger charge is -2.13. The molecule has 0 saturated heterocycles. The van der Waals surface area contributed by atoms with Gasteiger partial charge in [-0.05, 0) is 50.5 Å². The maximum atomic E-state index is 12.9. The first-order valence-corrected chi connectivity index (χ1v) is 8.89. The number of fused-ring (bicyclic) bond motifs is 1. The van der Waals surface area contributed by atoms with E-state index in [2.05, 4.69) is 4.98 Å². The molecule has 7 heteroatoms. The molecule has 2 aliphatic rings. The van der Waals surface area contributed by atoms with Crippen LogP contribution < -0.4 is 11.2 Å². The van der Waals surface area contributed by atoms with Gasteiger partial charge < -0.3 is 4.74 Å². The molecule has 0 bridgehead atoms. The predicted molar refractivity (Wildman–Crippen MR) is 91.7 cm³/mol. The second kappa shape index (κ2) is 6.13. The molecule has 0 aliphatic heterocycles. The molecule has 2 fully saturated rings. The van der Waals surface area contributed by atoms with Crippen molar-refractivity contribution in [1.82, 2.24) is 14.1 Å². The highest BCUT2D eigenvalue weighted by Gasteiger charge is 2.28. The minimum atomic E-state index is -0.509. The molecular formula is C18H21N3O4. The minimum absolute atomic E-state index is 0.237. The Hall–Kier alpha value is -2.44. The third-order valence-corrected chi connectivity index (χ3v) is 4.85. The molecule has 2 aromatic rings. The molecule has 0 radical (unpaired) electrons. The van der Waals surface area contributed by atoms with Crippen LogP contribution in [0.3, 0.4) is 0 Å². The fourth-order valence-corrected chi connectivity index (χ4v) is 3.07. The highest BCUT2D eigenvalue weighted by atomic mass is 16.5. The Morgan fingerprint density at radius 2 is 1.80 bits per heavy atom. The van der Waals surface area contributed by atoms with E-state index in [0.29, 0.717) is 36.0 Å². The van der Waals surface area contributed by atoms with Gasteiger partial charge in [-0.15, -0.1) is 0 Å². The molecule has 0 spiro atoms. The van der Waals surface area contributed by atoms with Crippen LogP contribution >= 0.6 is 0 Å². The van der Waals surface area contributed by atoms with Gasteiger partial charge in [-0.1, -0.05) is 0 Å². The second-order valence-electron chi connectivity index (χ2n) is 7.01. The summed E-state index contributed by atoms with van der Waals surface area (Å²) in [6.45, 7) is 3.00. The average Bonchev–Trinajstić information content (AvgIpc) is 3.51. The van der Waals surface area contributed by atoms with Gasteiger partial charge in [0.2, 0.25) is 0 Å². The molecule has 0 amide bonds. The van der Waals surface area contributed by atoms with E-state index in [4.69, 9.17) is 4.74 Å². The number of aromatic nitrogens is 3. The number of rotatable bonds is 6. The summed E-state index contributed by atoms with van der Waals surface area (Å²) >= 11 is 0. The van der Waals surface area contributed by atoms with Gasteiger partial charge in [-0.2, -0.15) is 0 Å². The van der Waals surface area contributed by atoms with E-state index >= 15 is 0 Å². The van der Waals surface area contributed by atoms with Crippen LogP contribution in [0.5, 0.6) is 0 Å². The quantitative estimate of drug-likeness (QED) is 0.743. The summed E-state index contributed by atoms with van der Waals surface area (Å²) in [5, 5.41) is 0.312. The summed E-state index contributed by atoms with van der Waals surface area (Å²) in [5.74, 6) is 0.364. The van der Waals surface area contributed by atoms with Gasteiger partial charge in [0, 0.05) is 19.3 Å². The van der Waals surface area contributed by atoms with Crippen molar-refractivity contribution in [2.24, 2.45) is 11.8 Å². The lowest BCUT2D eigenvalue weighted by Crippen LogP contribution is -2.41. The van der Waals surface area contributed by atoms with Crippen molar-refractivity contribution in [3.05, 3.63) is 38.7 Å². The topological polar surface area (TPSA) is 83.2 Å². The molecule has 2 aliphatic carbocycles. The van der Waals surface area contributed by atoms with Gasteiger partial charge in [0.15, 0.2) is 0 Å². The Morgan fingerprint density at radius 3 is 2.40 bits per heavy atom. The third-order valence-electron chi connectivity index (χ3n) is 4.85. The zero-order chi connectivity index (χ0) is 17.6. The van der Waals surface area contributed by atoms with Crippen LogP contribution in [0.25, 0.3) is 11.0 Å². The maximum absolute atomic E-state index is 12.9. The fourth-order valence-electron chi connectivity index (χ4n) is 3.07. The summed E-state index contributed by atoms with van der Waals surface area (Å²) in [6.07, 6.45) is 5.67. The number of hydrogen-bond acceptors (Lipinski definition) is 5. The Kier molecular flexibility index (Phi) is 3.94. The number of carbonyl (C=O) groups excluding carboxylic acids is 1. The number of nitrogens with zero attached hydrogens (tertiary/aromatic N) is 3. The van der Waals surface area contributed by atoms with E-state index < -0.39 is 5.97 Å². The van der Waals surface area contributed by atoms with Crippen molar-refractivity contribution in [3.63, 3.8) is 0 Å². The second-order valence-corrected chi connectivity index (χ2v) is 7.01. The smallest absolute Gasteiger partial charge is 0.339 e. The summed E-state index contributed by atoms with van der Waals surface area (Å²) in [5.41, 5.74) is -0.0479. The van der Waals surface area contributed by atoms with Crippen LogP contribution in [0, 0.1) is 11.8 Å². The van der Waals surface area contributed by atoms with Crippen molar-refractivity contribution in [2.45, 2.75) is 45.7 Å². The van der Waals surface area contributed by atoms with Crippen molar-refractivity contribution >= 4 is 17.0 Å².